The highest BCUT2D eigenvalue weighted by Crippen LogP contribution is 2.58. The van der Waals surface area contributed by atoms with Gasteiger partial charge in [-0.2, -0.15) is 5.10 Å². The molecule has 36 heavy (non-hydrogen) atoms. The van der Waals surface area contributed by atoms with Crippen LogP contribution in [0, 0.1) is 0 Å². The second-order valence-electron chi connectivity index (χ2n) is 9.03. The molecular weight excluding hydrogens is 520 g/mol. The van der Waals surface area contributed by atoms with Crippen molar-refractivity contribution in [2.75, 3.05) is 16.8 Å². The van der Waals surface area contributed by atoms with Gasteiger partial charge in [-0.25, -0.2) is 4.79 Å². The van der Waals surface area contributed by atoms with Crippen LogP contribution in [0.15, 0.2) is 94.6 Å². The van der Waals surface area contributed by atoms with Gasteiger partial charge in [0, 0.05) is 21.3 Å². The molecule has 3 aliphatic heterocycles. The van der Waals surface area contributed by atoms with Crippen molar-refractivity contribution in [3.63, 3.8) is 0 Å². The highest BCUT2D eigenvalue weighted by Gasteiger charge is 2.63. The van der Waals surface area contributed by atoms with E-state index in [2.05, 4.69) is 31.4 Å². The van der Waals surface area contributed by atoms with E-state index in [0.29, 0.717) is 34.9 Å². The molecule has 1 aromatic heterocycles. The maximum Gasteiger partial charge on any atom is 0.338 e. The number of aromatic amines is 1. The molecule has 0 fully saturated rings. The van der Waals surface area contributed by atoms with Gasteiger partial charge in [-0.15, -0.1) is 0 Å². The standard InChI is InChI=1S/C28H19BrN4O3/c29-18-11-12-21-19(13-18)28(27(35)33(21)14-16-7-3-1-4-8-16)22-20(15-36-26(22)34)30-25-23(28)24(31-32-25)17-9-5-2-6-10-17/h1-13H,14-15H2,(H2,30,31,32). The molecule has 1 spiro atoms. The number of rotatable bonds is 3. The van der Waals surface area contributed by atoms with Crippen LogP contribution >= 0.6 is 15.9 Å². The van der Waals surface area contributed by atoms with Crippen molar-refractivity contribution in [3.8, 4) is 11.3 Å². The zero-order valence-electron chi connectivity index (χ0n) is 18.9. The fourth-order valence-electron chi connectivity index (χ4n) is 5.64. The number of ether oxygens (including phenoxy) is 1. The predicted molar refractivity (Wildman–Crippen MR) is 138 cm³/mol. The Morgan fingerprint density at radius 1 is 1.00 bits per heavy atom. The van der Waals surface area contributed by atoms with Gasteiger partial charge in [-0.05, 0) is 29.3 Å². The van der Waals surface area contributed by atoms with Crippen molar-refractivity contribution in [1.29, 1.82) is 0 Å². The number of hydrogen-bond acceptors (Lipinski definition) is 5. The fourth-order valence-corrected chi connectivity index (χ4v) is 6.00. The number of H-pyrrole nitrogens is 1. The number of aromatic nitrogens is 2. The highest BCUT2D eigenvalue weighted by molar-refractivity contribution is 9.10. The van der Waals surface area contributed by atoms with E-state index in [1.165, 1.54) is 0 Å². The molecule has 1 amide bonds. The number of nitrogens with zero attached hydrogens (tertiary/aromatic N) is 2. The van der Waals surface area contributed by atoms with Gasteiger partial charge < -0.3 is 15.0 Å². The van der Waals surface area contributed by atoms with Crippen molar-refractivity contribution >= 4 is 39.3 Å². The molecule has 0 saturated carbocycles. The van der Waals surface area contributed by atoms with E-state index in [0.717, 1.165) is 26.9 Å². The van der Waals surface area contributed by atoms with Crippen LogP contribution in [0.5, 0.6) is 0 Å². The lowest BCUT2D eigenvalue weighted by Crippen LogP contribution is -2.46. The first-order valence-corrected chi connectivity index (χ1v) is 12.4. The smallest absolute Gasteiger partial charge is 0.338 e. The van der Waals surface area contributed by atoms with Gasteiger partial charge in [-0.1, -0.05) is 76.6 Å². The number of carbonyl (C=O) groups excluding carboxylic acids is 2. The molecule has 8 heteroatoms. The molecule has 4 aromatic rings. The van der Waals surface area contributed by atoms with Gasteiger partial charge in [0.15, 0.2) is 5.82 Å². The Hall–Kier alpha value is -4.17. The highest BCUT2D eigenvalue weighted by atomic mass is 79.9. The Bertz CT molecular complexity index is 1600. The second-order valence-corrected chi connectivity index (χ2v) is 9.95. The Morgan fingerprint density at radius 3 is 2.53 bits per heavy atom. The van der Waals surface area contributed by atoms with Crippen LogP contribution in [-0.2, 0) is 26.3 Å². The summed E-state index contributed by atoms with van der Waals surface area (Å²) < 4.78 is 6.30. The van der Waals surface area contributed by atoms with Crippen molar-refractivity contribution in [1.82, 2.24) is 10.2 Å². The lowest BCUT2D eigenvalue weighted by molar-refractivity contribution is -0.137. The monoisotopic (exact) mass is 538 g/mol. The lowest BCUT2D eigenvalue weighted by Gasteiger charge is -2.33. The molecule has 0 bridgehead atoms. The van der Waals surface area contributed by atoms with Gasteiger partial charge in [0.05, 0.1) is 23.5 Å². The maximum atomic E-state index is 14.8. The SMILES string of the molecule is O=C1OCC2=C1C1(C(=O)N(Cc3ccccc3)c3ccc(Br)cc31)c1c(n[nH]c1-c1ccccc1)N2. The number of carbonyl (C=O) groups is 2. The number of fused-ring (bicyclic) bond motifs is 5. The summed E-state index contributed by atoms with van der Waals surface area (Å²) in [6.45, 7) is 0.438. The van der Waals surface area contributed by atoms with Crippen molar-refractivity contribution in [3.05, 3.63) is 111 Å². The van der Waals surface area contributed by atoms with Crippen molar-refractivity contribution in [2.45, 2.75) is 12.0 Å². The summed E-state index contributed by atoms with van der Waals surface area (Å²) in [6.07, 6.45) is 0. The number of anilines is 2. The van der Waals surface area contributed by atoms with E-state index < -0.39 is 11.4 Å². The van der Waals surface area contributed by atoms with E-state index in [1.54, 1.807) is 4.90 Å². The Kier molecular flexibility index (Phi) is 4.50. The average molecular weight is 539 g/mol. The average Bonchev–Trinajstić information content (AvgIpc) is 3.56. The first-order valence-electron chi connectivity index (χ1n) is 11.6. The third-order valence-corrected chi connectivity index (χ3v) is 7.60. The molecule has 1 atom stereocenters. The molecule has 1 unspecified atom stereocenters. The van der Waals surface area contributed by atoms with Crippen LogP contribution in [0.2, 0.25) is 0 Å². The van der Waals surface area contributed by atoms with Gasteiger partial charge in [0.2, 0.25) is 5.91 Å². The summed E-state index contributed by atoms with van der Waals surface area (Å²) in [5.74, 6) is -0.178. The van der Waals surface area contributed by atoms with E-state index >= 15 is 0 Å². The molecule has 3 aliphatic rings. The van der Waals surface area contributed by atoms with E-state index in [-0.39, 0.29) is 12.5 Å². The third kappa shape index (κ3) is 2.76. The summed E-state index contributed by atoms with van der Waals surface area (Å²) in [7, 11) is 0. The molecule has 176 valence electrons. The molecule has 0 saturated heterocycles. The summed E-state index contributed by atoms with van der Waals surface area (Å²) in [4.78, 5) is 29.9. The van der Waals surface area contributed by atoms with Crippen molar-refractivity contribution < 1.29 is 14.3 Å². The van der Waals surface area contributed by atoms with Gasteiger partial charge >= 0.3 is 5.97 Å². The van der Waals surface area contributed by atoms with Crippen LogP contribution in [0.4, 0.5) is 11.5 Å². The first-order chi connectivity index (χ1) is 17.6. The Balaban J connectivity index is 1.55. The molecule has 4 heterocycles. The van der Waals surface area contributed by atoms with Crippen molar-refractivity contribution in [2.24, 2.45) is 0 Å². The Labute approximate surface area is 214 Å². The quantitative estimate of drug-likeness (QED) is 0.362. The lowest BCUT2D eigenvalue weighted by atomic mass is 9.67. The number of benzene rings is 3. The predicted octanol–water partition coefficient (Wildman–Crippen LogP) is 4.91. The normalized spacial score (nSPS) is 19.8. The summed E-state index contributed by atoms with van der Waals surface area (Å²) in [5.41, 5.74) is 4.15. The summed E-state index contributed by atoms with van der Waals surface area (Å²) in [6, 6.07) is 25.3. The van der Waals surface area contributed by atoms with Crippen LogP contribution < -0.4 is 10.2 Å². The number of hydrogen-bond donors (Lipinski definition) is 2. The summed E-state index contributed by atoms with van der Waals surface area (Å²) in [5, 5.41) is 11.0. The first kappa shape index (κ1) is 21.1. The minimum atomic E-state index is -1.41. The molecule has 2 N–H and O–H groups in total. The fraction of sp³-hybridized carbons (Fsp3) is 0.107. The minimum Gasteiger partial charge on any atom is -0.456 e. The minimum absolute atomic E-state index is 0.0676. The molecule has 3 aromatic carbocycles. The molecule has 7 nitrogen and oxygen atoms in total. The zero-order valence-corrected chi connectivity index (χ0v) is 20.5. The Morgan fingerprint density at radius 2 is 1.75 bits per heavy atom. The third-order valence-electron chi connectivity index (χ3n) is 7.10. The van der Waals surface area contributed by atoms with E-state index in [1.807, 2.05) is 78.9 Å². The molecule has 7 rings (SSSR count). The number of halogens is 1. The second kappa shape index (κ2) is 7.66. The van der Waals surface area contributed by atoms with E-state index in [9.17, 15) is 9.59 Å². The van der Waals surface area contributed by atoms with Crippen LogP contribution in [-0.4, -0.2) is 28.7 Å². The summed E-state index contributed by atoms with van der Waals surface area (Å²) >= 11 is 3.60. The molecular formula is C28H19BrN4O3. The number of esters is 1. The topological polar surface area (TPSA) is 87.3 Å². The van der Waals surface area contributed by atoms with Gasteiger partial charge in [-0.3, -0.25) is 9.89 Å². The van der Waals surface area contributed by atoms with Crippen LogP contribution in [0.25, 0.3) is 11.3 Å². The zero-order chi connectivity index (χ0) is 24.4. The number of cyclic esters (lactones) is 1. The van der Waals surface area contributed by atoms with Crippen LogP contribution in [0.1, 0.15) is 16.7 Å². The van der Waals surface area contributed by atoms with E-state index in [4.69, 9.17) is 4.74 Å². The molecule has 0 radical (unpaired) electrons. The largest absolute Gasteiger partial charge is 0.456 e. The number of amides is 1. The number of nitrogens with one attached hydrogen (secondary N) is 2. The van der Waals surface area contributed by atoms with Gasteiger partial charge in [0.1, 0.15) is 12.0 Å². The van der Waals surface area contributed by atoms with Crippen LogP contribution in [0.3, 0.4) is 0 Å². The van der Waals surface area contributed by atoms with Gasteiger partial charge in [0.25, 0.3) is 0 Å². The maximum absolute atomic E-state index is 14.8. The molecule has 0 aliphatic carbocycles.